The van der Waals surface area contributed by atoms with Gasteiger partial charge in [-0.25, -0.2) is 13.1 Å². The molecule has 0 bridgehead atoms. The quantitative estimate of drug-likeness (QED) is 0.413. The zero-order chi connectivity index (χ0) is 24.6. The summed E-state index contributed by atoms with van der Waals surface area (Å²) in [6, 6.07) is 23.1. The van der Waals surface area contributed by atoms with Crippen LogP contribution in [0.25, 0.3) is 16.9 Å². The van der Waals surface area contributed by atoms with Gasteiger partial charge in [0.05, 0.1) is 16.3 Å². The smallest absolute Gasteiger partial charge is 0.263 e. The van der Waals surface area contributed by atoms with Gasteiger partial charge in [0.15, 0.2) is 5.11 Å². The molecular formula is C26H22N4O3S2. The van der Waals surface area contributed by atoms with Crippen LogP contribution in [0.4, 0.5) is 0 Å². The number of aryl methyl sites for hydroxylation is 1. The Labute approximate surface area is 208 Å². The standard InChI is InChI=1S/C26H22N4O3S2/c1-17-22-16-11-18-7-5-6-10-23(18)24(22)28-30(17)20-12-14-21(15-13-20)35(32,33)29-26(34)27-25(31)19-8-3-2-4-9-19/h2-10,12-15H,11,16H2,1H3,(H2,27,29,31,34). The maximum Gasteiger partial charge on any atom is 0.263 e. The van der Waals surface area contributed by atoms with Gasteiger partial charge in [0.1, 0.15) is 0 Å². The predicted molar refractivity (Wildman–Crippen MR) is 138 cm³/mol. The summed E-state index contributed by atoms with van der Waals surface area (Å²) in [6.45, 7) is 2.03. The summed E-state index contributed by atoms with van der Waals surface area (Å²) in [5.41, 5.74) is 6.78. The highest BCUT2D eigenvalue weighted by atomic mass is 32.2. The first-order valence-electron chi connectivity index (χ1n) is 11.0. The largest absolute Gasteiger partial charge is 0.298 e. The molecule has 0 fully saturated rings. The van der Waals surface area contributed by atoms with E-state index in [9.17, 15) is 13.2 Å². The summed E-state index contributed by atoms with van der Waals surface area (Å²) in [6.07, 6.45) is 1.89. The molecule has 1 aliphatic carbocycles. The minimum Gasteiger partial charge on any atom is -0.298 e. The lowest BCUT2D eigenvalue weighted by molar-refractivity contribution is 0.0977. The number of hydrogen-bond acceptors (Lipinski definition) is 5. The minimum absolute atomic E-state index is 0.0254. The van der Waals surface area contributed by atoms with E-state index in [1.807, 2.05) is 23.7 Å². The molecular weight excluding hydrogens is 480 g/mol. The first kappa shape index (κ1) is 22.9. The monoisotopic (exact) mass is 502 g/mol. The van der Waals surface area contributed by atoms with Crippen molar-refractivity contribution in [2.24, 2.45) is 0 Å². The maximum absolute atomic E-state index is 12.8. The van der Waals surface area contributed by atoms with E-state index in [0.717, 1.165) is 35.5 Å². The van der Waals surface area contributed by atoms with Crippen molar-refractivity contribution in [2.45, 2.75) is 24.7 Å². The van der Waals surface area contributed by atoms with Crippen LogP contribution in [0, 0.1) is 6.92 Å². The van der Waals surface area contributed by atoms with Gasteiger partial charge in [-0.2, -0.15) is 5.10 Å². The molecule has 0 radical (unpaired) electrons. The van der Waals surface area contributed by atoms with Crippen LogP contribution < -0.4 is 10.0 Å². The summed E-state index contributed by atoms with van der Waals surface area (Å²) >= 11 is 5.04. The Morgan fingerprint density at radius 1 is 0.943 bits per heavy atom. The fraction of sp³-hybridized carbons (Fsp3) is 0.115. The van der Waals surface area contributed by atoms with Crippen LogP contribution in [-0.2, 0) is 22.9 Å². The molecule has 9 heteroatoms. The summed E-state index contributed by atoms with van der Waals surface area (Å²) in [4.78, 5) is 12.3. The topological polar surface area (TPSA) is 93.1 Å². The molecule has 2 N–H and O–H groups in total. The molecule has 0 atom stereocenters. The van der Waals surface area contributed by atoms with Crippen molar-refractivity contribution in [1.82, 2.24) is 19.8 Å². The lowest BCUT2D eigenvalue weighted by Gasteiger charge is -2.14. The van der Waals surface area contributed by atoms with E-state index in [1.165, 1.54) is 23.3 Å². The number of carbonyl (C=O) groups is 1. The molecule has 5 rings (SSSR count). The number of amides is 1. The Bertz CT molecular complexity index is 1540. The summed E-state index contributed by atoms with van der Waals surface area (Å²) < 4.78 is 29.7. The molecule has 0 aliphatic heterocycles. The van der Waals surface area contributed by atoms with Crippen molar-refractivity contribution < 1.29 is 13.2 Å². The van der Waals surface area contributed by atoms with Crippen LogP contribution in [-0.4, -0.2) is 29.2 Å². The number of rotatable bonds is 4. The lowest BCUT2D eigenvalue weighted by Crippen LogP contribution is -2.42. The highest BCUT2D eigenvalue weighted by Crippen LogP contribution is 2.35. The lowest BCUT2D eigenvalue weighted by atomic mass is 9.89. The third-order valence-electron chi connectivity index (χ3n) is 6.04. The van der Waals surface area contributed by atoms with Crippen LogP contribution in [0.2, 0.25) is 0 Å². The van der Waals surface area contributed by atoms with Gasteiger partial charge in [-0.1, -0.05) is 42.5 Å². The Morgan fingerprint density at radius 3 is 2.37 bits per heavy atom. The number of nitrogens with one attached hydrogen (secondary N) is 2. The van der Waals surface area contributed by atoms with Crippen molar-refractivity contribution in [1.29, 1.82) is 0 Å². The number of nitrogens with zero attached hydrogens (tertiary/aromatic N) is 2. The van der Waals surface area contributed by atoms with Crippen LogP contribution in [0.1, 0.15) is 27.2 Å². The van der Waals surface area contributed by atoms with E-state index in [0.29, 0.717) is 5.56 Å². The SMILES string of the molecule is Cc1c2c(nn1-c1ccc(S(=O)(=O)NC(=S)NC(=O)c3ccccc3)cc1)-c1ccccc1CC2. The number of carbonyl (C=O) groups excluding carboxylic acids is 1. The van der Waals surface area contributed by atoms with Gasteiger partial charge in [0, 0.05) is 22.4 Å². The molecule has 176 valence electrons. The highest BCUT2D eigenvalue weighted by molar-refractivity contribution is 7.91. The second kappa shape index (κ2) is 9.09. The second-order valence-corrected chi connectivity index (χ2v) is 10.3. The zero-order valence-corrected chi connectivity index (χ0v) is 20.5. The van der Waals surface area contributed by atoms with Gasteiger partial charge in [-0.05, 0) is 73.9 Å². The number of benzene rings is 3. The van der Waals surface area contributed by atoms with Crippen molar-refractivity contribution in [2.75, 3.05) is 0 Å². The summed E-state index contributed by atoms with van der Waals surface area (Å²) in [5.74, 6) is -0.492. The average molecular weight is 503 g/mol. The van der Waals surface area contributed by atoms with E-state index >= 15 is 0 Å². The zero-order valence-electron chi connectivity index (χ0n) is 18.9. The fourth-order valence-corrected chi connectivity index (χ4v) is 5.60. The van der Waals surface area contributed by atoms with Gasteiger partial charge >= 0.3 is 0 Å². The van der Waals surface area contributed by atoms with E-state index in [-0.39, 0.29) is 10.0 Å². The van der Waals surface area contributed by atoms with E-state index in [4.69, 9.17) is 17.3 Å². The average Bonchev–Trinajstić information content (AvgIpc) is 3.21. The molecule has 0 spiro atoms. The maximum atomic E-state index is 12.8. The molecule has 7 nitrogen and oxygen atoms in total. The van der Waals surface area contributed by atoms with Crippen LogP contribution in [0.3, 0.4) is 0 Å². The fourth-order valence-electron chi connectivity index (χ4n) is 4.27. The van der Waals surface area contributed by atoms with Crippen LogP contribution in [0.5, 0.6) is 0 Å². The van der Waals surface area contributed by atoms with Crippen molar-refractivity contribution in [3.63, 3.8) is 0 Å². The molecule has 1 aromatic heterocycles. The summed E-state index contributed by atoms with van der Waals surface area (Å²) in [5, 5.41) is 6.94. The Morgan fingerprint density at radius 2 is 1.63 bits per heavy atom. The van der Waals surface area contributed by atoms with Gasteiger partial charge in [-0.15, -0.1) is 0 Å². The van der Waals surface area contributed by atoms with Gasteiger partial charge < -0.3 is 0 Å². The van der Waals surface area contributed by atoms with Crippen molar-refractivity contribution in [3.05, 3.63) is 101 Å². The molecule has 1 aliphatic rings. The molecule has 1 amide bonds. The normalized spacial score (nSPS) is 12.4. The second-order valence-electron chi connectivity index (χ2n) is 8.23. The Kier molecular flexibility index (Phi) is 5.96. The van der Waals surface area contributed by atoms with E-state index in [1.54, 1.807) is 42.5 Å². The third-order valence-corrected chi connectivity index (χ3v) is 7.74. The number of fused-ring (bicyclic) bond motifs is 3. The third kappa shape index (κ3) is 4.48. The summed E-state index contributed by atoms with van der Waals surface area (Å²) in [7, 11) is -3.97. The predicted octanol–water partition coefficient (Wildman–Crippen LogP) is 3.94. The first-order chi connectivity index (χ1) is 16.8. The van der Waals surface area contributed by atoms with Crippen molar-refractivity contribution in [3.8, 4) is 16.9 Å². The Hall–Kier alpha value is -3.82. The van der Waals surface area contributed by atoms with Gasteiger partial charge in [0.25, 0.3) is 15.9 Å². The molecule has 3 aromatic carbocycles. The minimum atomic E-state index is -3.97. The van der Waals surface area contributed by atoms with Crippen LogP contribution >= 0.6 is 12.2 Å². The van der Waals surface area contributed by atoms with Gasteiger partial charge in [0.2, 0.25) is 0 Å². The van der Waals surface area contributed by atoms with E-state index in [2.05, 4.69) is 22.2 Å². The highest BCUT2D eigenvalue weighted by Gasteiger charge is 2.23. The molecule has 0 saturated heterocycles. The van der Waals surface area contributed by atoms with Gasteiger partial charge in [-0.3, -0.25) is 14.8 Å². The molecule has 35 heavy (non-hydrogen) atoms. The number of sulfonamides is 1. The molecule has 4 aromatic rings. The van der Waals surface area contributed by atoms with Crippen LogP contribution in [0.15, 0.2) is 83.8 Å². The molecule has 0 saturated carbocycles. The Balaban J connectivity index is 1.34. The molecule has 0 unspecified atom stereocenters. The first-order valence-corrected chi connectivity index (χ1v) is 12.9. The molecule has 1 heterocycles. The van der Waals surface area contributed by atoms with E-state index < -0.39 is 15.9 Å². The number of aromatic nitrogens is 2. The van der Waals surface area contributed by atoms with Crippen molar-refractivity contribution >= 4 is 33.3 Å². The number of hydrogen-bond donors (Lipinski definition) is 2. The number of thiocarbonyl (C=S) groups is 1.